The largest absolute Gasteiger partial charge is 0.493 e. The summed E-state index contributed by atoms with van der Waals surface area (Å²) in [6.07, 6.45) is 1.34. The van der Waals surface area contributed by atoms with Gasteiger partial charge in [0.1, 0.15) is 0 Å². The average Bonchev–Trinajstić information content (AvgIpc) is 2.91. The van der Waals surface area contributed by atoms with Crippen LogP contribution in [0.3, 0.4) is 0 Å². The molecule has 0 saturated carbocycles. The zero-order valence-corrected chi connectivity index (χ0v) is 23.4. The summed E-state index contributed by atoms with van der Waals surface area (Å²) in [6.45, 7) is 5.65. The summed E-state index contributed by atoms with van der Waals surface area (Å²) < 4.78 is 22.5. The van der Waals surface area contributed by atoms with Gasteiger partial charge >= 0.3 is 5.97 Å². The summed E-state index contributed by atoms with van der Waals surface area (Å²) in [7, 11) is 4.61. The first-order valence-corrected chi connectivity index (χ1v) is 13.1. The molecule has 0 radical (unpaired) electrons. The molecule has 2 aromatic carbocycles. The van der Waals surface area contributed by atoms with E-state index in [9.17, 15) is 9.59 Å². The fourth-order valence-corrected chi connectivity index (χ4v) is 5.34. The minimum atomic E-state index is -0.657. The number of dihydropyridines is 1. The fraction of sp³-hybridized carbons (Fsp3) is 0.400. The van der Waals surface area contributed by atoms with Crippen LogP contribution in [0.1, 0.15) is 63.0 Å². The molecular formula is C30H34ClNO6. The maximum Gasteiger partial charge on any atom is 0.337 e. The molecule has 0 fully saturated rings. The third-order valence-corrected chi connectivity index (χ3v) is 7.54. The van der Waals surface area contributed by atoms with Gasteiger partial charge in [0, 0.05) is 34.3 Å². The second-order valence-corrected chi connectivity index (χ2v) is 10.1. The zero-order valence-electron chi connectivity index (χ0n) is 22.6. The lowest BCUT2D eigenvalue weighted by Crippen LogP contribution is -2.36. The van der Waals surface area contributed by atoms with Crippen molar-refractivity contribution in [3.63, 3.8) is 0 Å². The minimum Gasteiger partial charge on any atom is -0.493 e. The number of rotatable bonds is 8. The predicted octanol–water partition coefficient (Wildman–Crippen LogP) is 6.07. The fourth-order valence-electron chi connectivity index (χ4n) is 5.21. The Balaban J connectivity index is 1.87. The van der Waals surface area contributed by atoms with Crippen molar-refractivity contribution >= 4 is 23.4 Å². The Kier molecular flexibility index (Phi) is 8.36. The normalized spacial score (nSPS) is 19.9. The SMILES string of the molecule is CC[C@@H](C)OC(=O)C1=C(C)NC2=C(C(=O)C[C@@H](c3ccc(Cl)cc3)C2)[C@@H]1c1cc(OC)c(OC)c(OC)c1. The van der Waals surface area contributed by atoms with E-state index in [0.717, 1.165) is 11.3 Å². The number of carbonyl (C=O) groups excluding carboxylic acids is 2. The van der Waals surface area contributed by atoms with Crippen LogP contribution in [0.15, 0.2) is 58.9 Å². The molecule has 2 aromatic rings. The van der Waals surface area contributed by atoms with Crippen LogP contribution >= 0.6 is 11.6 Å². The molecule has 8 heteroatoms. The number of Topliss-reactive ketones (excluding diaryl/α,β-unsaturated/α-hetero) is 1. The van der Waals surface area contributed by atoms with Crippen molar-refractivity contribution in [3.8, 4) is 17.2 Å². The Morgan fingerprint density at radius 2 is 1.66 bits per heavy atom. The molecule has 0 amide bonds. The van der Waals surface area contributed by atoms with Gasteiger partial charge in [0.05, 0.1) is 33.0 Å². The Morgan fingerprint density at radius 1 is 1.03 bits per heavy atom. The molecule has 0 spiro atoms. The molecule has 0 unspecified atom stereocenters. The van der Waals surface area contributed by atoms with Crippen LogP contribution in [0.4, 0.5) is 0 Å². The molecule has 0 bridgehead atoms. The molecule has 1 N–H and O–H groups in total. The van der Waals surface area contributed by atoms with E-state index in [2.05, 4.69) is 5.32 Å². The average molecular weight is 540 g/mol. The van der Waals surface area contributed by atoms with Crippen LogP contribution in [0, 0.1) is 0 Å². The summed E-state index contributed by atoms with van der Waals surface area (Å²) in [5.74, 6) is 0.169. The van der Waals surface area contributed by atoms with Crippen molar-refractivity contribution in [1.82, 2.24) is 5.32 Å². The van der Waals surface area contributed by atoms with Crippen LogP contribution in [0.2, 0.25) is 5.02 Å². The topological polar surface area (TPSA) is 83.1 Å². The molecule has 0 aromatic heterocycles. The number of allylic oxidation sites excluding steroid dienone is 3. The van der Waals surface area contributed by atoms with E-state index in [1.165, 1.54) is 21.3 Å². The standard InChI is InChI=1S/C30H34ClNO6/c1-7-16(2)38-30(34)26-17(3)32-22-12-19(18-8-10-21(31)11-9-18)13-23(33)28(22)27(26)20-14-24(35-4)29(37-6)25(15-20)36-5/h8-11,14-16,19,27,32H,7,12-13H2,1-6H3/t16-,19+,27-/m1/s1. The van der Waals surface area contributed by atoms with Crippen molar-refractivity contribution in [3.05, 3.63) is 75.1 Å². The van der Waals surface area contributed by atoms with Gasteiger partial charge in [-0.05, 0) is 68.0 Å². The minimum absolute atomic E-state index is 0.00646. The molecule has 2 aliphatic rings. The van der Waals surface area contributed by atoms with Crippen molar-refractivity contribution in [2.75, 3.05) is 21.3 Å². The predicted molar refractivity (Wildman–Crippen MR) is 146 cm³/mol. The maximum absolute atomic E-state index is 13.9. The Bertz CT molecular complexity index is 1270. The summed E-state index contributed by atoms with van der Waals surface area (Å²) in [6, 6.07) is 11.2. The van der Waals surface area contributed by atoms with Gasteiger partial charge < -0.3 is 24.3 Å². The molecule has 7 nitrogen and oxygen atoms in total. The molecule has 38 heavy (non-hydrogen) atoms. The molecule has 0 saturated heterocycles. The Hall–Kier alpha value is -3.45. The third kappa shape index (κ3) is 5.25. The molecule has 1 aliphatic carbocycles. The summed E-state index contributed by atoms with van der Waals surface area (Å²) in [5, 5.41) is 4.04. The smallest absolute Gasteiger partial charge is 0.337 e. The zero-order chi connectivity index (χ0) is 27.6. The van der Waals surface area contributed by atoms with Crippen molar-refractivity contribution in [2.24, 2.45) is 0 Å². The van der Waals surface area contributed by atoms with Gasteiger partial charge in [0.15, 0.2) is 17.3 Å². The number of hydrogen-bond donors (Lipinski definition) is 1. The van der Waals surface area contributed by atoms with Gasteiger partial charge in [0.25, 0.3) is 0 Å². The first-order chi connectivity index (χ1) is 18.2. The van der Waals surface area contributed by atoms with E-state index in [4.69, 9.17) is 30.5 Å². The molecular weight excluding hydrogens is 506 g/mol. The third-order valence-electron chi connectivity index (χ3n) is 7.29. The maximum atomic E-state index is 13.9. The lowest BCUT2D eigenvalue weighted by molar-refractivity contribution is -0.144. The monoisotopic (exact) mass is 539 g/mol. The Labute approximate surface area is 228 Å². The van der Waals surface area contributed by atoms with E-state index in [1.54, 1.807) is 12.1 Å². The number of carbonyl (C=O) groups is 2. The first-order valence-electron chi connectivity index (χ1n) is 12.7. The van der Waals surface area contributed by atoms with E-state index in [-0.39, 0.29) is 17.8 Å². The van der Waals surface area contributed by atoms with E-state index < -0.39 is 11.9 Å². The molecule has 202 valence electrons. The lowest BCUT2D eigenvalue weighted by atomic mass is 9.71. The quantitative estimate of drug-likeness (QED) is 0.408. The first kappa shape index (κ1) is 27.6. The molecule has 1 heterocycles. The number of ketones is 1. The van der Waals surface area contributed by atoms with Gasteiger partial charge in [-0.3, -0.25) is 4.79 Å². The van der Waals surface area contributed by atoms with Crippen molar-refractivity contribution < 1.29 is 28.5 Å². The highest BCUT2D eigenvalue weighted by atomic mass is 35.5. The highest BCUT2D eigenvalue weighted by molar-refractivity contribution is 6.30. The Morgan fingerprint density at radius 3 is 2.21 bits per heavy atom. The number of benzene rings is 2. The highest BCUT2D eigenvalue weighted by Gasteiger charge is 2.42. The van der Waals surface area contributed by atoms with Gasteiger partial charge in [-0.25, -0.2) is 4.79 Å². The van der Waals surface area contributed by atoms with Gasteiger partial charge in [-0.15, -0.1) is 0 Å². The van der Waals surface area contributed by atoms with Crippen LogP contribution in [0.25, 0.3) is 0 Å². The summed E-state index contributed by atoms with van der Waals surface area (Å²) >= 11 is 6.09. The van der Waals surface area contributed by atoms with E-state index >= 15 is 0 Å². The molecule has 4 rings (SSSR count). The van der Waals surface area contributed by atoms with E-state index in [0.29, 0.717) is 63.9 Å². The number of hydrogen-bond acceptors (Lipinski definition) is 7. The van der Waals surface area contributed by atoms with Crippen molar-refractivity contribution in [2.45, 2.75) is 58.0 Å². The number of esters is 1. The van der Waals surface area contributed by atoms with Crippen LogP contribution < -0.4 is 19.5 Å². The summed E-state index contributed by atoms with van der Waals surface area (Å²) in [5.41, 5.74) is 4.15. The van der Waals surface area contributed by atoms with Gasteiger partial charge in [-0.2, -0.15) is 0 Å². The van der Waals surface area contributed by atoms with Crippen LogP contribution in [0.5, 0.6) is 17.2 Å². The number of methoxy groups -OCH3 is 3. The molecule has 3 atom stereocenters. The highest BCUT2D eigenvalue weighted by Crippen LogP contribution is 2.49. The van der Waals surface area contributed by atoms with Crippen LogP contribution in [-0.2, 0) is 14.3 Å². The van der Waals surface area contributed by atoms with Gasteiger partial charge in [-0.1, -0.05) is 30.7 Å². The van der Waals surface area contributed by atoms with E-state index in [1.807, 2.05) is 45.0 Å². The summed E-state index contributed by atoms with van der Waals surface area (Å²) in [4.78, 5) is 27.4. The second kappa shape index (κ2) is 11.5. The van der Waals surface area contributed by atoms with Crippen LogP contribution in [-0.4, -0.2) is 39.2 Å². The van der Waals surface area contributed by atoms with Gasteiger partial charge in [0.2, 0.25) is 5.75 Å². The number of ether oxygens (including phenoxy) is 4. The lowest BCUT2D eigenvalue weighted by Gasteiger charge is -2.37. The van der Waals surface area contributed by atoms with Crippen molar-refractivity contribution in [1.29, 1.82) is 0 Å². The molecule has 1 aliphatic heterocycles. The second-order valence-electron chi connectivity index (χ2n) is 9.65. The number of nitrogens with one attached hydrogen (secondary N) is 1. The number of halogens is 1.